The van der Waals surface area contributed by atoms with E-state index >= 15 is 0 Å². The maximum absolute atomic E-state index is 12.5. The van der Waals surface area contributed by atoms with E-state index in [-0.39, 0.29) is 11.9 Å². The molecule has 1 aromatic heterocycles. The second-order valence-corrected chi connectivity index (χ2v) is 7.13. The standard InChI is InChI=1S/C22H32N4O4/c1-9-15(10-2)24-20-21(30-8)25-19(13(3)23-20)18-16(28-6)11-14(12-17(18)29-7)22(27)26(4)5/h11-12,15H,9-10H2,1-8H3,(H,23,24). The normalized spacial score (nSPS) is 10.7. The van der Waals surface area contributed by atoms with E-state index in [0.29, 0.717) is 45.7 Å². The number of amides is 1. The molecular weight excluding hydrogens is 384 g/mol. The molecule has 8 heteroatoms. The van der Waals surface area contributed by atoms with E-state index in [2.05, 4.69) is 19.2 Å². The average Bonchev–Trinajstić information content (AvgIpc) is 2.75. The Morgan fingerprint density at radius 2 is 1.60 bits per heavy atom. The predicted octanol–water partition coefficient (Wildman–Crippen LogP) is 3.78. The number of carbonyl (C=O) groups excluding carboxylic acids is 1. The van der Waals surface area contributed by atoms with Gasteiger partial charge in [0.1, 0.15) is 17.2 Å². The third kappa shape index (κ3) is 4.75. The van der Waals surface area contributed by atoms with Crippen molar-refractivity contribution in [3.8, 4) is 28.6 Å². The first-order valence-electron chi connectivity index (χ1n) is 9.98. The number of methoxy groups -OCH3 is 3. The lowest BCUT2D eigenvalue weighted by molar-refractivity contribution is 0.0827. The summed E-state index contributed by atoms with van der Waals surface area (Å²) in [5, 5.41) is 3.40. The Morgan fingerprint density at radius 3 is 2.03 bits per heavy atom. The maximum Gasteiger partial charge on any atom is 0.257 e. The Hall–Kier alpha value is -3.03. The van der Waals surface area contributed by atoms with Gasteiger partial charge in [0.05, 0.1) is 32.6 Å². The van der Waals surface area contributed by atoms with Gasteiger partial charge in [-0.05, 0) is 31.9 Å². The summed E-state index contributed by atoms with van der Waals surface area (Å²) in [6.07, 6.45) is 1.93. The number of aromatic nitrogens is 2. The monoisotopic (exact) mass is 416 g/mol. The number of rotatable bonds is 9. The molecule has 0 atom stereocenters. The summed E-state index contributed by atoms with van der Waals surface area (Å²) < 4.78 is 16.7. The summed E-state index contributed by atoms with van der Waals surface area (Å²) in [7, 11) is 8.05. The lowest BCUT2D eigenvalue weighted by atomic mass is 10.0. The molecule has 2 rings (SSSR count). The molecule has 1 aromatic carbocycles. The van der Waals surface area contributed by atoms with Crippen molar-refractivity contribution in [3.05, 3.63) is 23.4 Å². The first-order chi connectivity index (χ1) is 14.3. The van der Waals surface area contributed by atoms with E-state index in [4.69, 9.17) is 24.2 Å². The number of hydrogen-bond donors (Lipinski definition) is 1. The van der Waals surface area contributed by atoms with E-state index in [1.807, 2.05) is 6.92 Å². The van der Waals surface area contributed by atoms with Crippen LogP contribution >= 0.6 is 0 Å². The second-order valence-electron chi connectivity index (χ2n) is 7.13. The summed E-state index contributed by atoms with van der Waals surface area (Å²) in [6, 6.07) is 3.65. The minimum atomic E-state index is -0.150. The Kier molecular flexibility index (Phi) is 7.86. The molecule has 30 heavy (non-hydrogen) atoms. The topological polar surface area (TPSA) is 85.8 Å². The number of aryl methyl sites for hydroxylation is 1. The van der Waals surface area contributed by atoms with Gasteiger partial charge in [-0.1, -0.05) is 13.8 Å². The molecule has 1 N–H and O–H groups in total. The highest BCUT2D eigenvalue weighted by atomic mass is 16.5. The largest absolute Gasteiger partial charge is 0.496 e. The van der Waals surface area contributed by atoms with Crippen LogP contribution in [0.1, 0.15) is 42.7 Å². The first-order valence-corrected chi connectivity index (χ1v) is 9.98. The van der Waals surface area contributed by atoms with Crippen molar-refractivity contribution >= 4 is 11.7 Å². The van der Waals surface area contributed by atoms with E-state index < -0.39 is 0 Å². The zero-order valence-electron chi connectivity index (χ0n) is 19.1. The highest BCUT2D eigenvalue weighted by molar-refractivity contribution is 5.96. The number of anilines is 1. The Balaban J connectivity index is 2.66. The number of benzene rings is 1. The molecule has 2 aromatic rings. The fourth-order valence-electron chi connectivity index (χ4n) is 3.19. The molecule has 0 spiro atoms. The molecule has 0 aliphatic carbocycles. The maximum atomic E-state index is 12.5. The highest BCUT2D eigenvalue weighted by Gasteiger charge is 2.24. The minimum Gasteiger partial charge on any atom is -0.496 e. The molecule has 0 aliphatic rings. The van der Waals surface area contributed by atoms with Crippen LogP contribution in [0.3, 0.4) is 0 Å². The molecular formula is C22H32N4O4. The van der Waals surface area contributed by atoms with Crippen molar-refractivity contribution in [2.75, 3.05) is 40.7 Å². The number of hydrogen-bond acceptors (Lipinski definition) is 7. The minimum absolute atomic E-state index is 0.150. The quantitative estimate of drug-likeness (QED) is 0.666. The summed E-state index contributed by atoms with van der Waals surface area (Å²) in [5.74, 6) is 1.78. The van der Waals surface area contributed by atoms with Crippen LogP contribution in [0.5, 0.6) is 17.4 Å². The van der Waals surface area contributed by atoms with Crippen molar-refractivity contribution in [2.45, 2.75) is 39.7 Å². The molecule has 0 aliphatic heterocycles. The van der Waals surface area contributed by atoms with E-state index in [1.54, 1.807) is 47.6 Å². The van der Waals surface area contributed by atoms with Gasteiger partial charge in [-0.2, -0.15) is 0 Å². The van der Waals surface area contributed by atoms with Gasteiger partial charge in [0.15, 0.2) is 5.82 Å². The SMILES string of the molecule is CCC(CC)Nc1nc(C)c(-c2c(OC)cc(C(=O)N(C)C)cc2OC)nc1OC. The molecule has 0 unspecified atom stereocenters. The van der Waals surface area contributed by atoms with Gasteiger partial charge in [0.2, 0.25) is 0 Å². The number of nitrogens with one attached hydrogen (secondary N) is 1. The van der Waals surface area contributed by atoms with Crippen molar-refractivity contribution in [2.24, 2.45) is 0 Å². The molecule has 0 bridgehead atoms. The second kappa shape index (κ2) is 10.1. The van der Waals surface area contributed by atoms with Crippen LogP contribution in [-0.4, -0.2) is 62.2 Å². The van der Waals surface area contributed by atoms with Crippen molar-refractivity contribution in [3.63, 3.8) is 0 Å². The summed E-state index contributed by atoms with van der Waals surface area (Å²) in [6.45, 7) is 6.11. The number of carbonyl (C=O) groups is 1. The van der Waals surface area contributed by atoms with Gasteiger partial charge in [-0.15, -0.1) is 0 Å². The van der Waals surface area contributed by atoms with Gasteiger partial charge >= 0.3 is 0 Å². The predicted molar refractivity (Wildman–Crippen MR) is 118 cm³/mol. The lowest BCUT2D eigenvalue weighted by Gasteiger charge is -2.20. The van der Waals surface area contributed by atoms with Crippen molar-refractivity contribution in [1.82, 2.24) is 14.9 Å². The van der Waals surface area contributed by atoms with Crippen molar-refractivity contribution in [1.29, 1.82) is 0 Å². The smallest absolute Gasteiger partial charge is 0.257 e. The molecule has 0 saturated carbocycles. The van der Waals surface area contributed by atoms with Gasteiger partial charge in [-0.3, -0.25) is 4.79 Å². The highest BCUT2D eigenvalue weighted by Crippen LogP contribution is 2.41. The molecule has 0 fully saturated rings. The summed E-state index contributed by atoms with van der Waals surface area (Å²) >= 11 is 0. The third-order valence-electron chi connectivity index (χ3n) is 4.95. The first kappa shape index (κ1) is 23.3. The fourth-order valence-corrected chi connectivity index (χ4v) is 3.19. The Morgan fingerprint density at radius 1 is 1.03 bits per heavy atom. The van der Waals surface area contributed by atoms with E-state index in [9.17, 15) is 4.79 Å². The molecule has 0 radical (unpaired) electrons. The fraction of sp³-hybridized carbons (Fsp3) is 0.500. The van der Waals surface area contributed by atoms with Crippen LogP contribution in [0.15, 0.2) is 12.1 Å². The molecule has 164 valence electrons. The van der Waals surface area contributed by atoms with E-state index in [1.165, 1.54) is 4.90 Å². The molecule has 1 amide bonds. The zero-order chi connectivity index (χ0) is 22.4. The Bertz CT molecular complexity index is 870. The van der Waals surface area contributed by atoms with Gasteiger partial charge in [0.25, 0.3) is 11.8 Å². The van der Waals surface area contributed by atoms with Gasteiger partial charge in [0, 0.05) is 25.7 Å². The molecule has 1 heterocycles. The summed E-state index contributed by atoms with van der Waals surface area (Å²) in [4.78, 5) is 23.4. The molecule has 8 nitrogen and oxygen atoms in total. The number of ether oxygens (including phenoxy) is 3. The lowest BCUT2D eigenvalue weighted by Crippen LogP contribution is -2.22. The zero-order valence-corrected chi connectivity index (χ0v) is 19.1. The summed E-state index contributed by atoms with van der Waals surface area (Å²) in [5.41, 5.74) is 2.33. The van der Waals surface area contributed by atoms with Crippen molar-refractivity contribution < 1.29 is 19.0 Å². The van der Waals surface area contributed by atoms with E-state index in [0.717, 1.165) is 12.8 Å². The van der Waals surface area contributed by atoms with Gasteiger partial charge in [-0.25, -0.2) is 9.97 Å². The van der Waals surface area contributed by atoms with Crippen LogP contribution in [0.2, 0.25) is 0 Å². The van der Waals surface area contributed by atoms with Crippen LogP contribution < -0.4 is 19.5 Å². The Labute approximate surface area is 178 Å². The molecule has 0 saturated heterocycles. The van der Waals surface area contributed by atoms with Crippen LogP contribution in [0.25, 0.3) is 11.3 Å². The van der Waals surface area contributed by atoms with Crippen LogP contribution in [0, 0.1) is 6.92 Å². The van der Waals surface area contributed by atoms with Gasteiger partial charge < -0.3 is 24.4 Å². The third-order valence-corrected chi connectivity index (χ3v) is 4.95. The number of nitrogens with zero attached hydrogens (tertiary/aromatic N) is 3. The van der Waals surface area contributed by atoms with Crippen LogP contribution in [0.4, 0.5) is 5.82 Å². The average molecular weight is 417 g/mol. The van der Waals surface area contributed by atoms with Crippen LogP contribution in [-0.2, 0) is 0 Å².